The third-order valence-electron chi connectivity index (χ3n) is 2.92. The lowest BCUT2D eigenvalue weighted by molar-refractivity contribution is 0.538. The normalized spacial score (nSPS) is 12.4. The maximum Gasteiger partial charge on any atom is 0.125 e. The molecule has 0 spiro atoms. The minimum Gasteiger partial charge on any atom is -0.308 e. The maximum atomic E-state index is 12.8. The van der Waals surface area contributed by atoms with Crippen LogP contribution in [0.3, 0.4) is 0 Å². The lowest BCUT2D eigenvalue weighted by Crippen LogP contribution is -2.28. The van der Waals surface area contributed by atoms with Crippen LogP contribution in [0.1, 0.15) is 24.0 Å². The van der Waals surface area contributed by atoms with Gasteiger partial charge >= 0.3 is 0 Å². The van der Waals surface area contributed by atoms with E-state index in [1.165, 1.54) is 12.1 Å². The molecule has 4 heteroatoms. The van der Waals surface area contributed by atoms with Gasteiger partial charge in [-0.1, -0.05) is 12.1 Å². The van der Waals surface area contributed by atoms with Crippen molar-refractivity contribution < 1.29 is 4.39 Å². The van der Waals surface area contributed by atoms with Gasteiger partial charge in [0.15, 0.2) is 0 Å². The third-order valence-corrected chi connectivity index (χ3v) is 2.92. The van der Waals surface area contributed by atoms with Crippen LogP contribution in [0.25, 0.3) is 0 Å². The van der Waals surface area contributed by atoms with Crippen LogP contribution in [-0.4, -0.2) is 16.0 Å². The van der Waals surface area contributed by atoms with E-state index < -0.39 is 0 Å². The van der Waals surface area contributed by atoms with Crippen molar-refractivity contribution in [1.29, 1.82) is 0 Å². The fourth-order valence-electron chi connectivity index (χ4n) is 1.93. The number of nitrogens with one attached hydrogen (secondary N) is 1. The second-order valence-electron chi connectivity index (χ2n) is 4.71. The van der Waals surface area contributed by atoms with E-state index in [1.807, 2.05) is 25.1 Å². The van der Waals surface area contributed by atoms with Crippen LogP contribution in [0.4, 0.5) is 4.39 Å². The molecule has 1 atom stereocenters. The molecule has 0 aliphatic heterocycles. The molecule has 0 aliphatic rings. The Morgan fingerprint density at radius 2 is 1.95 bits per heavy atom. The van der Waals surface area contributed by atoms with E-state index in [0.29, 0.717) is 12.6 Å². The second kappa shape index (κ2) is 6.38. The van der Waals surface area contributed by atoms with E-state index >= 15 is 0 Å². The van der Waals surface area contributed by atoms with Crippen molar-refractivity contribution in [1.82, 2.24) is 15.3 Å². The summed E-state index contributed by atoms with van der Waals surface area (Å²) in [5.41, 5.74) is 2.11. The third kappa shape index (κ3) is 4.41. The van der Waals surface area contributed by atoms with Crippen molar-refractivity contribution in [3.8, 4) is 0 Å². The number of halogens is 1. The zero-order chi connectivity index (χ0) is 13.7. The molecule has 1 unspecified atom stereocenters. The number of hydrogen-bond acceptors (Lipinski definition) is 3. The van der Waals surface area contributed by atoms with Crippen molar-refractivity contribution in [3.05, 3.63) is 59.4 Å². The largest absolute Gasteiger partial charge is 0.308 e. The van der Waals surface area contributed by atoms with Crippen molar-refractivity contribution in [2.45, 2.75) is 32.9 Å². The van der Waals surface area contributed by atoms with Crippen molar-refractivity contribution >= 4 is 0 Å². The summed E-state index contributed by atoms with van der Waals surface area (Å²) in [4.78, 5) is 8.41. The van der Waals surface area contributed by atoms with E-state index in [4.69, 9.17) is 0 Å². The van der Waals surface area contributed by atoms with Crippen LogP contribution in [-0.2, 0) is 13.0 Å². The van der Waals surface area contributed by atoms with E-state index in [-0.39, 0.29) is 5.82 Å². The number of rotatable bonds is 5. The zero-order valence-corrected chi connectivity index (χ0v) is 11.2. The van der Waals surface area contributed by atoms with E-state index in [1.54, 1.807) is 6.20 Å². The molecule has 3 nitrogen and oxygen atoms in total. The number of nitrogens with zero attached hydrogens (tertiary/aromatic N) is 2. The van der Waals surface area contributed by atoms with Gasteiger partial charge in [-0.2, -0.15) is 0 Å². The van der Waals surface area contributed by atoms with Gasteiger partial charge in [0.1, 0.15) is 11.6 Å². The molecular weight excluding hydrogens is 241 g/mol. The molecular formula is C15H18FN3. The van der Waals surface area contributed by atoms with E-state index in [0.717, 1.165) is 23.5 Å². The van der Waals surface area contributed by atoms with Crippen molar-refractivity contribution in [3.63, 3.8) is 0 Å². The fraction of sp³-hybridized carbons (Fsp3) is 0.333. The molecule has 1 aromatic carbocycles. The first kappa shape index (κ1) is 13.6. The molecule has 19 heavy (non-hydrogen) atoms. The summed E-state index contributed by atoms with van der Waals surface area (Å²) in [7, 11) is 0. The standard InChI is InChI=1S/C15H18FN3/c1-11(9-13-3-5-14(16)6-4-13)18-10-15-7-8-17-12(2)19-15/h3-8,11,18H,9-10H2,1-2H3. The molecule has 0 amide bonds. The van der Waals surface area contributed by atoms with E-state index in [2.05, 4.69) is 22.2 Å². The highest BCUT2D eigenvalue weighted by Crippen LogP contribution is 2.06. The smallest absolute Gasteiger partial charge is 0.125 e. The second-order valence-corrected chi connectivity index (χ2v) is 4.71. The van der Waals surface area contributed by atoms with Crippen LogP contribution in [0.15, 0.2) is 36.5 Å². The Morgan fingerprint density at radius 1 is 1.21 bits per heavy atom. The molecule has 100 valence electrons. The van der Waals surface area contributed by atoms with Gasteiger partial charge in [0.25, 0.3) is 0 Å². The first-order chi connectivity index (χ1) is 9.13. The van der Waals surface area contributed by atoms with Crippen molar-refractivity contribution in [2.75, 3.05) is 0 Å². The fourth-order valence-corrected chi connectivity index (χ4v) is 1.93. The highest BCUT2D eigenvalue weighted by atomic mass is 19.1. The lowest BCUT2D eigenvalue weighted by atomic mass is 10.1. The molecule has 2 aromatic rings. The summed E-state index contributed by atoms with van der Waals surface area (Å²) in [6, 6.07) is 8.85. The minimum atomic E-state index is -0.194. The topological polar surface area (TPSA) is 37.8 Å². The SMILES string of the molecule is Cc1nccc(CNC(C)Cc2ccc(F)cc2)n1. The first-order valence-electron chi connectivity index (χ1n) is 6.40. The highest BCUT2D eigenvalue weighted by molar-refractivity contribution is 5.17. The van der Waals surface area contributed by atoms with Crippen LogP contribution < -0.4 is 5.32 Å². The van der Waals surface area contributed by atoms with Gasteiger partial charge in [0.2, 0.25) is 0 Å². The van der Waals surface area contributed by atoms with Gasteiger partial charge in [0.05, 0.1) is 5.69 Å². The lowest BCUT2D eigenvalue weighted by Gasteiger charge is -2.13. The Balaban J connectivity index is 1.84. The molecule has 0 saturated heterocycles. The molecule has 0 fully saturated rings. The molecule has 1 N–H and O–H groups in total. The van der Waals surface area contributed by atoms with Crippen LogP contribution in [0.2, 0.25) is 0 Å². The maximum absolute atomic E-state index is 12.8. The molecule has 1 aromatic heterocycles. The Labute approximate surface area is 112 Å². The van der Waals surface area contributed by atoms with E-state index in [9.17, 15) is 4.39 Å². The van der Waals surface area contributed by atoms with Crippen LogP contribution in [0, 0.1) is 12.7 Å². The first-order valence-corrected chi connectivity index (χ1v) is 6.40. The molecule has 1 heterocycles. The number of aromatic nitrogens is 2. The Morgan fingerprint density at radius 3 is 2.63 bits per heavy atom. The molecule has 0 radical (unpaired) electrons. The predicted octanol–water partition coefficient (Wildman–Crippen LogP) is 2.64. The predicted molar refractivity (Wildman–Crippen MR) is 73.2 cm³/mol. The Bertz CT molecular complexity index is 525. The summed E-state index contributed by atoms with van der Waals surface area (Å²) in [6.07, 6.45) is 2.63. The van der Waals surface area contributed by atoms with Crippen molar-refractivity contribution in [2.24, 2.45) is 0 Å². The Hall–Kier alpha value is -1.81. The Kier molecular flexibility index (Phi) is 4.58. The summed E-state index contributed by atoms with van der Waals surface area (Å²) >= 11 is 0. The number of benzene rings is 1. The monoisotopic (exact) mass is 259 g/mol. The average Bonchev–Trinajstić information content (AvgIpc) is 2.39. The summed E-state index contributed by atoms with van der Waals surface area (Å²) in [5.74, 6) is 0.589. The number of aryl methyl sites for hydroxylation is 1. The van der Waals surface area contributed by atoms with Gasteiger partial charge in [-0.25, -0.2) is 14.4 Å². The summed E-state index contributed by atoms with van der Waals surface area (Å²) in [5, 5.41) is 3.41. The molecule has 0 bridgehead atoms. The molecule has 0 saturated carbocycles. The van der Waals surface area contributed by atoms with Gasteiger partial charge in [-0.3, -0.25) is 0 Å². The van der Waals surface area contributed by atoms with Gasteiger partial charge in [-0.05, 0) is 44.0 Å². The summed E-state index contributed by atoms with van der Waals surface area (Å²) < 4.78 is 12.8. The highest BCUT2D eigenvalue weighted by Gasteiger charge is 2.04. The van der Waals surface area contributed by atoms with Gasteiger partial charge in [0, 0.05) is 18.8 Å². The average molecular weight is 259 g/mol. The van der Waals surface area contributed by atoms with Gasteiger partial charge < -0.3 is 5.32 Å². The zero-order valence-electron chi connectivity index (χ0n) is 11.2. The van der Waals surface area contributed by atoms with Gasteiger partial charge in [-0.15, -0.1) is 0 Å². The minimum absolute atomic E-state index is 0.194. The molecule has 2 rings (SSSR count). The molecule has 0 aliphatic carbocycles. The number of hydrogen-bond donors (Lipinski definition) is 1. The summed E-state index contributed by atoms with van der Waals surface area (Å²) in [6.45, 7) is 4.70. The van der Waals surface area contributed by atoms with Crippen LogP contribution >= 0.6 is 0 Å². The quantitative estimate of drug-likeness (QED) is 0.897. The van der Waals surface area contributed by atoms with Crippen LogP contribution in [0.5, 0.6) is 0 Å².